The number of aromatic nitrogens is 2. The predicted molar refractivity (Wildman–Crippen MR) is 74.4 cm³/mol. The van der Waals surface area contributed by atoms with Crippen LogP contribution in [-0.2, 0) is 0 Å². The number of rotatable bonds is 1. The van der Waals surface area contributed by atoms with Gasteiger partial charge in [0.05, 0.1) is 11.2 Å². The number of anilines is 1. The molecule has 0 radical (unpaired) electrons. The van der Waals surface area contributed by atoms with Crippen LogP contribution in [0.2, 0.25) is 5.02 Å². The summed E-state index contributed by atoms with van der Waals surface area (Å²) in [5, 5.41) is 1.55. The molecule has 0 amide bonds. The van der Waals surface area contributed by atoms with Crippen LogP contribution in [0.3, 0.4) is 0 Å². The Balaban J connectivity index is 2.24. The SMILES string of the molecule is Nc1cc(-c2cccc(Cl)c2)nc2ccncc12. The van der Waals surface area contributed by atoms with Crippen molar-refractivity contribution in [3.8, 4) is 11.3 Å². The fourth-order valence-electron chi connectivity index (χ4n) is 1.89. The first-order chi connectivity index (χ1) is 8.74. The lowest BCUT2D eigenvalue weighted by Gasteiger charge is -2.06. The van der Waals surface area contributed by atoms with Crippen LogP contribution < -0.4 is 5.73 Å². The summed E-state index contributed by atoms with van der Waals surface area (Å²) >= 11 is 5.98. The highest BCUT2D eigenvalue weighted by atomic mass is 35.5. The largest absolute Gasteiger partial charge is 0.398 e. The van der Waals surface area contributed by atoms with Gasteiger partial charge in [0.1, 0.15) is 0 Å². The van der Waals surface area contributed by atoms with Crippen molar-refractivity contribution in [2.75, 3.05) is 5.73 Å². The Morgan fingerprint density at radius 2 is 2.00 bits per heavy atom. The van der Waals surface area contributed by atoms with Crippen LogP contribution >= 0.6 is 11.6 Å². The number of nitrogens with zero attached hydrogens (tertiary/aromatic N) is 2. The summed E-state index contributed by atoms with van der Waals surface area (Å²) in [5.41, 5.74) is 9.29. The normalized spacial score (nSPS) is 10.7. The lowest BCUT2D eigenvalue weighted by atomic mass is 10.1. The number of halogens is 1. The minimum absolute atomic E-state index is 0.670. The number of hydrogen-bond donors (Lipinski definition) is 1. The number of benzene rings is 1. The van der Waals surface area contributed by atoms with Crippen LogP contribution in [0.5, 0.6) is 0 Å². The van der Waals surface area contributed by atoms with E-state index in [1.54, 1.807) is 12.4 Å². The van der Waals surface area contributed by atoms with Crippen molar-refractivity contribution in [3.05, 3.63) is 53.8 Å². The Morgan fingerprint density at radius 1 is 1.11 bits per heavy atom. The molecule has 2 heterocycles. The monoisotopic (exact) mass is 255 g/mol. The average Bonchev–Trinajstić information content (AvgIpc) is 2.39. The van der Waals surface area contributed by atoms with Crippen LogP contribution in [0, 0.1) is 0 Å². The summed E-state index contributed by atoms with van der Waals surface area (Å²) < 4.78 is 0. The average molecular weight is 256 g/mol. The highest BCUT2D eigenvalue weighted by Crippen LogP contribution is 2.27. The van der Waals surface area contributed by atoms with E-state index in [0.717, 1.165) is 22.2 Å². The molecule has 0 unspecified atom stereocenters. The van der Waals surface area contributed by atoms with E-state index in [2.05, 4.69) is 9.97 Å². The third-order valence-electron chi connectivity index (χ3n) is 2.76. The lowest BCUT2D eigenvalue weighted by Crippen LogP contribution is -1.93. The topological polar surface area (TPSA) is 51.8 Å². The minimum atomic E-state index is 0.670. The molecule has 0 atom stereocenters. The number of nitrogens with two attached hydrogens (primary N) is 1. The van der Waals surface area contributed by atoms with E-state index in [4.69, 9.17) is 17.3 Å². The molecule has 88 valence electrons. The van der Waals surface area contributed by atoms with Crippen molar-refractivity contribution in [1.29, 1.82) is 0 Å². The number of nitrogen functional groups attached to an aromatic ring is 1. The third kappa shape index (κ3) is 1.89. The van der Waals surface area contributed by atoms with E-state index < -0.39 is 0 Å². The van der Waals surface area contributed by atoms with E-state index in [1.165, 1.54) is 0 Å². The molecule has 0 fully saturated rings. The van der Waals surface area contributed by atoms with Crippen LogP contribution in [0.4, 0.5) is 5.69 Å². The Kier molecular flexibility index (Phi) is 2.61. The van der Waals surface area contributed by atoms with Gasteiger partial charge < -0.3 is 5.73 Å². The van der Waals surface area contributed by atoms with Gasteiger partial charge in [-0.2, -0.15) is 0 Å². The molecular weight excluding hydrogens is 246 g/mol. The van der Waals surface area contributed by atoms with Crippen LogP contribution in [-0.4, -0.2) is 9.97 Å². The predicted octanol–water partition coefficient (Wildman–Crippen LogP) is 3.53. The summed E-state index contributed by atoms with van der Waals surface area (Å²) in [6.07, 6.45) is 3.43. The van der Waals surface area contributed by atoms with Gasteiger partial charge in [-0.3, -0.25) is 4.98 Å². The molecule has 3 nitrogen and oxygen atoms in total. The standard InChI is InChI=1S/C14H10ClN3/c15-10-3-1-2-9(6-10)14-7-12(16)11-8-17-5-4-13(11)18-14/h1-8H,(H2,16,18). The van der Waals surface area contributed by atoms with Crippen molar-refractivity contribution in [1.82, 2.24) is 9.97 Å². The molecule has 18 heavy (non-hydrogen) atoms. The molecule has 0 aliphatic heterocycles. The van der Waals surface area contributed by atoms with Crippen molar-refractivity contribution in [2.45, 2.75) is 0 Å². The first-order valence-electron chi connectivity index (χ1n) is 5.50. The second-order valence-corrected chi connectivity index (χ2v) is 4.44. The van der Waals surface area contributed by atoms with Gasteiger partial charge in [-0.05, 0) is 24.3 Å². The maximum Gasteiger partial charge on any atom is 0.0761 e. The van der Waals surface area contributed by atoms with E-state index in [-0.39, 0.29) is 0 Å². The maximum atomic E-state index is 6.02. The third-order valence-corrected chi connectivity index (χ3v) is 3.00. The summed E-state index contributed by atoms with van der Waals surface area (Å²) in [6.45, 7) is 0. The van der Waals surface area contributed by atoms with Crippen LogP contribution in [0.25, 0.3) is 22.2 Å². The smallest absolute Gasteiger partial charge is 0.0761 e. The fraction of sp³-hybridized carbons (Fsp3) is 0. The fourth-order valence-corrected chi connectivity index (χ4v) is 2.08. The molecule has 0 saturated carbocycles. The molecule has 0 spiro atoms. The molecule has 1 aromatic carbocycles. The van der Waals surface area contributed by atoms with Crippen molar-refractivity contribution < 1.29 is 0 Å². The number of pyridine rings is 2. The highest BCUT2D eigenvalue weighted by molar-refractivity contribution is 6.30. The number of hydrogen-bond acceptors (Lipinski definition) is 3. The summed E-state index contributed by atoms with van der Waals surface area (Å²) in [7, 11) is 0. The van der Waals surface area contributed by atoms with E-state index in [9.17, 15) is 0 Å². The summed E-state index contributed by atoms with van der Waals surface area (Å²) in [6, 6.07) is 11.2. The molecule has 0 bridgehead atoms. The molecule has 3 rings (SSSR count). The van der Waals surface area contributed by atoms with Crippen LogP contribution in [0.15, 0.2) is 48.8 Å². The van der Waals surface area contributed by atoms with Gasteiger partial charge in [-0.15, -0.1) is 0 Å². The first-order valence-corrected chi connectivity index (χ1v) is 5.88. The molecule has 4 heteroatoms. The van der Waals surface area contributed by atoms with Gasteiger partial charge in [0.2, 0.25) is 0 Å². The maximum absolute atomic E-state index is 6.02. The van der Waals surface area contributed by atoms with Crippen molar-refractivity contribution in [3.63, 3.8) is 0 Å². The Hall–Kier alpha value is -2.13. The molecule has 0 aliphatic carbocycles. The van der Waals surface area contributed by atoms with E-state index >= 15 is 0 Å². The molecule has 2 aromatic heterocycles. The van der Waals surface area contributed by atoms with E-state index in [1.807, 2.05) is 36.4 Å². The van der Waals surface area contributed by atoms with Gasteiger partial charge in [-0.25, -0.2) is 4.98 Å². The first kappa shape index (κ1) is 11.0. The zero-order valence-electron chi connectivity index (χ0n) is 9.47. The van der Waals surface area contributed by atoms with Crippen LogP contribution in [0.1, 0.15) is 0 Å². The van der Waals surface area contributed by atoms with Gasteiger partial charge in [0.25, 0.3) is 0 Å². The minimum Gasteiger partial charge on any atom is -0.398 e. The molecule has 0 saturated heterocycles. The van der Waals surface area contributed by atoms with Gasteiger partial charge in [-0.1, -0.05) is 23.7 Å². The second kappa shape index (κ2) is 4.27. The Bertz CT molecular complexity index is 725. The zero-order valence-corrected chi connectivity index (χ0v) is 10.2. The van der Waals surface area contributed by atoms with Crippen molar-refractivity contribution in [2.24, 2.45) is 0 Å². The van der Waals surface area contributed by atoms with Gasteiger partial charge in [0, 0.05) is 34.1 Å². The number of fused-ring (bicyclic) bond motifs is 1. The van der Waals surface area contributed by atoms with Gasteiger partial charge in [0.15, 0.2) is 0 Å². The van der Waals surface area contributed by atoms with Crippen molar-refractivity contribution >= 4 is 28.2 Å². The summed E-state index contributed by atoms with van der Waals surface area (Å²) in [4.78, 5) is 8.62. The Morgan fingerprint density at radius 3 is 2.83 bits per heavy atom. The molecule has 2 N–H and O–H groups in total. The second-order valence-electron chi connectivity index (χ2n) is 4.00. The Labute approximate surface area is 109 Å². The van der Waals surface area contributed by atoms with Gasteiger partial charge >= 0.3 is 0 Å². The molecular formula is C14H10ClN3. The molecule has 0 aliphatic rings. The quantitative estimate of drug-likeness (QED) is 0.724. The summed E-state index contributed by atoms with van der Waals surface area (Å²) in [5.74, 6) is 0. The highest BCUT2D eigenvalue weighted by Gasteiger charge is 2.05. The van der Waals surface area contributed by atoms with E-state index in [0.29, 0.717) is 10.7 Å². The lowest BCUT2D eigenvalue weighted by molar-refractivity contribution is 1.32. The molecule has 3 aromatic rings. The zero-order chi connectivity index (χ0) is 12.5.